The lowest BCUT2D eigenvalue weighted by molar-refractivity contribution is -0.125. The number of anilines is 1. The van der Waals surface area contributed by atoms with Crippen LogP contribution in [0.2, 0.25) is 5.02 Å². The van der Waals surface area contributed by atoms with E-state index in [2.05, 4.69) is 15.5 Å². The third-order valence-electron chi connectivity index (χ3n) is 6.41. The van der Waals surface area contributed by atoms with Gasteiger partial charge in [0.2, 0.25) is 5.91 Å². The molecule has 3 rings (SSSR count). The molecule has 2 amide bonds. The SMILES string of the molecule is COc1cc(N)c(Cl)cc1C(=O)NCC1CCN(CCCNC(=O)C2CCCCC2)C1. The molecule has 0 spiro atoms. The first-order valence-electron chi connectivity index (χ1n) is 11.4. The zero-order chi connectivity index (χ0) is 22.2. The van der Waals surface area contributed by atoms with Crippen molar-refractivity contribution in [2.75, 3.05) is 45.6 Å². The molecule has 7 nitrogen and oxygen atoms in total. The first-order chi connectivity index (χ1) is 15.0. The molecular formula is C23H35ClN4O3. The molecule has 0 aromatic heterocycles. The number of amides is 2. The van der Waals surface area contributed by atoms with Gasteiger partial charge in [0.25, 0.3) is 5.91 Å². The summed E-state index contributed by atoms with van der Waals surface area (Å²) in [5.41, 5.74) is 6.57. The van der Waals surface area contributed by atoms with Crippen LogP contribution in [0.1, 0.15) is 55.3 Å². The van der Waals surface area contributed by atoms with Crippen molar-refractivity contribution >= 4 is 29.1 Å². The van der Waals surface area contributed by atoms with Crippen LogP contribution in [-0.2, 0) is 4.79 Å². The van der Waals surface area contributed by atoms with Crippen molar-refractivity contribution in [1.82, 2.24) is 15.5 Å². The van der Waals surface area contributed by atoms with Gasteiger partial charge < -0.3 is 26.0 Å². The molecule has 2 aliphatic rings. The van der Waals surface area contributed by atoms with Crippen LogP contribution in [0.5, 0.6) is 5.75 Å². The number of halogens is 1. The molecule has 2 fully saturated rings. The van der Waals surface area contributed by atoms with Crippen LogP contribution >= 0.6 is 11.6 Å². The van der Waals surface area contributed by atoms with E-state index in [0.717, 1.165) is 51.9 Å². The summed E-state index contributed by atoms with van der Waals surface area (Å²) < 4.78 is 5.26. The Hall–Kier alpha value is -1.99. The van der Waals surface area contributed by atoms with Gasteiger partial charge in [-0.3, -0.25) is 9.59 Å². The zero-order valence-electron chi connectivity index (χ0n) is 18.4. The van der Waals surface area contributed by atoms with Crippen LogP contribution < -0.4 is 21.1 Å². The second-order valence-corrected chi connectivity index (χ2v) is 9.13. The van der Waals surface area contributed by atoms with E-state index in [1.165, 1.54) is 26.4 Å². The van der Waals surface area contributed by atoms with E-state index in [4.69, 9.17) is 22.1 Å². The van der Waals surface area contributed by atoms with Gasteiger partial charge in [0.15, 0.2) is 0 Å². The molecule has 1 aromatic carbocycles. The minimum atomic E-state index is -0.206. The number of methoxy groups -OCH3 is 1. The predicted octanol–water partition coefficient (Wildman–Crippen LogP) is 3.07. The van der Waals surface area contributed by atoms with Crippen molar-refractivity contribution in [3.63, 3.8) is 0 Å². The minimum Gasteiger partial charge on any atom is -0.496 e. The summed E-state index contributed by atoms with van der Waals surface area (Å²) in [7, 11) is 1.51. The molecule has 1 saturated heterocycles. The normalized spacial score (nSPS) is 19.9. The highest BCUT2D eigenvalue weighted by Gasteiger charge is 2.24. The number of hydrogen-bond acceptors (Lipinski definition) is 5. The van der Waals surface area contributed by atoms with E-state index in [-0.39, 0.29) is 17.7 Å². The number of nitrogens with zero attached hydrogens (tertiary/aromatic N) is 1. The minimum absolute atomic E-state index is 0.206. The molecule has 8 heteroatoms. The molecule has 1 aromatic rings. The van der Waals surface area contributed by atoms with Gasteiger partial charge in [-0.1, -0.05) is 30.9 Å². The molecule has 1 aliphatic heterocycles. The van der Waals surface area contributed by atoms with Gasteiger partial charge in [-0.2, -0.15) is 0 Å². The lowest BCUT2D eigenvalue weighted by Crippen LogP contribution is -2.34. The highest BCUT2D eigenvalue weighted by molar-refractivity contribution is 6.33. The van der Waals surface area contributed by atoms with Crippen molar-refractivity contribution in [3.8, 4) is 5.75 Å². The van der Waals surface area contributed by atoms with Crippen molar-refractivity contribution in [3.05, 3.63) is 22.7 Å². The van der Waals surface area contributed by atoms with E-state index in [1.54, 1.807) is 12.1 Å². The Labute approximate surface area is 190 Å². The summed E-state index contributed by atoms with van der Waals surface area (Å²) in [5.74, 6) is 1.09. The lowest BCUT2D eigenvalue weighted by atomic mass is 9.89. The van der Waals surface area contributed by atoms with Gasteiger partial charge in [0.1, 0.15) is 5.75 Å². The third-order valence-corrected chi connectivity index (χ3v) is 6.74. The Kier molecular flexibility index (Phi) is 8.84. The van der Waals surface area contributed by atoms with Crippen LogP contribution in [-0.4, -0.2) is 56.5 Å². The van der Waals surface area contributed by atoms with Crippen molar-refractivity contribution in [1.29, 1.82) is 0 Å². The van der Waals surface area contributed by atoms with E-state index < -0.39 is 0 Å². The Morgan fingerprint density at radius 1 is 1.19 bits per heavy atom. The number of likely N-dealkylation sites (tertiary alicyclic amines) is 1. The van der Waals surface area contributed by atoms with Crippen LogP contribution in [0.3, 0.4) is 0 Å². The van der Waals surface area contributed by atoms with E-state index >= 15 is 0 Å². The van der Waals surface area contributed by atoms with Crippen molar-refractivity contribution in [2.45, 2.75) is 44.9 Å². The number of nitrogens with one attached hydrogen (secondary N) is 2. The molecule has 1 aliphatic carbocycles. The Morgan fingerprint density at radius 2 is 1.97 bits per heavy atom. The monoisotopic (exact) mass is 450 g/mol. The molecule has 4 N–H and O–H groups in total. The number of ether oxygens (including phenoxy) is 1. The molecule has 0 radical (unpaired) electrons. The zero-order valence-corrected chi connectivity index (χ0v) is 19.2. The van der Waals surface area contributed by atoms with E-state index in [9.17, 15) is 9.59 Å². The summed E-state index contributed by atoms with van der Waals surface area (Å²) in [5, 5.41) is 6.45. The Bertz CT molecular complexity index is 767. The Balaban J connectivity index is 1.34. The number of carbonyl (C=O) groups excluding carboxylic acids is 2. The van der Waals surface area contributed by atoms with Crippen LogP contribution in [0, 0.1) is 11.8 Å². The fourth-order valence-electron chi connectivity index (χ4n) is 4.55. The van der Waals surface area contributed by atoms with Crippen molar-refractivity contribution in [2.24, 2.45) is 11.8 Å². The predicted molar refractivity (Wildman–Crippen MR) is 123 cm³/mol. The summed E-state index contributed by atoms with van der Waals surface area (Å²) >= 11 is 6.06. The maximum atomic E-state index is 12.6. The molecule has 0 bridgehead atoms. The van der Waals surface area contributed by atoms with Crippen LogP contribution in [0.15, 0.2) is 12.1 Å². The van der Waals surface area contributed by atoms with E-state index in [0.29, 0.717) is 34.5 Å². The highest BCUT2D eigenvalue weighted by Crippen LogP contribution is 2.29. The fraction of sp³-hybridized carbons (Fsp3) is 0.652. The summed E-state index contributed by atoms with van der Waals surface area (Å²) in [4.78, 5) is 27.2. The van der Waals surface area contributed by atoms with Gasteiger partial charge in [0, 0.05) is 31.6 Å². The highest BCUT2D eigenvalue weighted by atomic mass is 35.5. The van der Waals surface area contributed by atoms with Gasteiger partial charge >= 0.3 is 0 Å². The number of nitrogen functional groups attached to an aromatic ring is 1. The number of carbonyl (C=O) groups is 2. The van der Waals surface area contributed by atoms with Crippen LogP contribution in [0.25, 0.3) is 0 Å². The maximum Gasteiger partial charge on any atom is 0.255 e. The summed E-state index contributed by atoms with van der Waals surface area (Å²) in [6, 6.07) is 3.12. The molecule has 1 unspecified atom stereocenters. The number of nitrogens with two attached hydrogens (primary N) is 1. The quantitative estimate of drug-likeness (QED) is 0.397. The molecule has 1 atom stereocenters. The maximum absolute atomic E-state index is 12.6. The lowest BCUT2D eigenvalue weighted by Gasteiger charge is -2.21. The standard InChI is InChI=1S/C23H35ClN4O3/c1-31-21-13-20(25)19(24)12-18(21)23(30)27-14-16-8-11-28(15-16)10-5-9-26-22(29)17-6-3-2-4-7-17/h12-13,16-17H,2-11,14-15,25H2,1H3,(H,26,29)(H,27,30). The van der Waals surface area contributed by atoms with E-state index in [1.807, 2.05) is 0 Å². The molecule has 1 saturated carbocycles. The number of benzene rings is 1. The third kappa shape index (κ3) is 6.74. The summed E-state index contributed by atoms with van der Waals surface area (Å²) in [6.07, 6.45) is 7.72. The molecule has 31 heavy (non-hydrogen) atoms. The van der Waals surface area contributed by atoms with Gasteiger partial charge in [-0.15, -0.1) is 0 Å². The fourth-order valence-corrected chi connectivity index (χ4v) is 4.72. The van der Waals surface area contributed by atoms with Gasteiger partial charge in [-0.05, 0) is 50.8 Å². The summed E-state index contributed by atoms with van der Waals surface area (Å²) in [6.45, 7) is 4.30. The second-order valence-electron chi connectivity index (χ2n) is 8.72. The van der Waals surface area contributed by atoms with Gasteiger partial charge in [0.05, 0.1) is 23.4 Å². The smallest absolute Gasteiger partial charge is 0.255 e. The number of hydrogen-bond donors (Lipinski definition) is 3. The molecule has 1 heterocycles. The first-order valence-corrected chi connectivity index (χ1v) is 11.8. The van der Waals surface area contributed by atoms with Crippen molar-refractivity contribution < 1.29 is 14.3 Å². The number of rotatable bonds is 9. The van der Waals surface area contributed by atoms with Crippen LogP contribution in [0.4, 0.5) is 5.69 Å². The first kappa shape index (κ1) is 23.7. The molecule has 172 valence electrons. The average molecular weight is 451 g/mol. The van der Waals surface area contributed by atoms with Gasteiger partial charge in [-0.25, -0.2) is 0 Å². The average Bonchev–Trinajstić information content (AvgIpc) is 3.24. The Morgan fingerprint density at radius 3 is 2.71 bits per heavy atom. The second kappa shape index (κ2) is 11.6. The molecular weight excluding hydrogens is 416 g/mol. The largest absolute Gasteiger partial charge is 0.496 e. The topological polar surface area (TPSA) is 96.7 Å².